The third kappa shape index (κ3) is 5.34. The Kier molecular flexibility index (Phi) is 7.04. The first kappa shape index (κ1) is 23.7. The number of nitrogens with one attached hydrogen (secondary N) is 1. The van der Waals surface area contributed by atoms with Crippen LogP contribution in [0.4, 0.5) is 5.69 Å². The smallest absolute Gasteiger partial charge is 0.225 e. The number of amides is 1. The summed E-state index contributed by atoms with van der Waals surface area (Å²) < 4.78 is 11.5. The lowest BCUT2D eigenvalue weighted by Gasteiger charge is -2.27. The number of hydrogen-bond acceptors (Lipinski definition) is 5. The number of nitrogens with zero attached hydrogens (tertiary/aromatic N) is 2. The van der Waals surface area contributed by atoms with Crippen LogP contribution < -0.4 is 19.7 Å². The number of carbonyl (C=O) groups excluding carboxylic acids is 1. The lowest BCUT2D eigenvalue weighted by molar-refractivity contribution is -0.125. The minimum absolute atomic E-state index is 0.0439. The molecule has 36 heavy (non-hydrogen) atoms. The Hall–Kier alpha value is -2.73. The van der Waals surface area contributed by atoms with E-state index in [2.05, 4.69) is 45.4 Å². The molecule has 4 aliphatic rings. The van der Waals surface area contributed by atoms with Gasteiger partial charge in [-0.25, -0.2) is 0 Å². The molecule has 0 spiro atoms. The van der Waals surface area contributed by atoms with Gasteiger partial charge in [-0.2, -0.15) is 0 Å². The van der Waals surface area contributed by atoms with Crippen molar-refractivity contribution in [1.82, 2.24) is 10.2 Å². The van der Waals surface area contributed by atoms with Crippen LogP contribution in [0.3, 0.4) is 0 Å². The van der Waals surface area contributed by atoms with Crippen molar-refractivity contribution in [3.63, 3.8) is 0 Å². The van der Waals surface area contributed by atoms with E-state index in [0.29, 0.717) is 13.2 Å². The Morgan fingerprint density at radius 2 is 1.72 bits per heavy atom. The number of anilines is 1. The second-order valence-corrected chi connectivity index (χ2v) is 11.0. The summed E-state index contributed by atoms with van der Waals surface area (Å²) in [6.45, 7) is 6.12. The van der Waals surface area contributed by atoms with Crippen molar-refractivity contribution < 1.29 is 14.3 Å². The molecule has 6 nitrogen and oxygen atoms in total. The average Bonchev–Trinajstić information content (AvgIpc) is 3.61. The lowest BCUT2D eigenvalue weighted by Crippen LogP contribution is -2.46. The second kappa shape index (κ2) is 10.7. The summed E-state index contributed by atoms with van der Waals surface area (Å²) in [6.07, 6.45) is 9.24. The molecule has 6 rings (SSSR count). The zero-order valence-corrected chi connectivity index (χ0v) is 21.3. The Labute approximate surface area is 214 Å². The van der Waals surface area contributed by atoms with Crippen LogP contribution in [-0.4, -0.2) is 62.8 Å². The summed E-state index contributed by atoms with van der Waals surface area (Å²) in [5.41, 5.74) is 5.50. The summed E-state index contributed by atoms with van der Waals surface area (Å²) in [5, 5.41) is 3.46. The fraction of sp³-hybridized carbons (Fsp3) is 0.567. The molecule has 1 aliphatic carbocycles. The van der Waals surface area contributed by atoms with Gasteiger partial charge in [0.15, 0.2) is 11.5 Å². The third-order valence-electron chi connectivity index (χ3n) is 8.37. The maximum Gasteiger partial charge on any atom is 0.225 e. The number of likely N-dealkylation sites (tertiary alicyclic amines) is 1. The van der Waals surface area contributed by atoms with E-state index in [0.717, 1.165) is 57.1 Å². The molecule has 2 aromatic rings. The SMILES string of the molecule is O=C(NC(Cc1ccc2c(c1)OCCO2)CN1CCCC1)C1CCN(c2ccc3c(c2)CCCC3)C1. The molecule has 0 aromatic heterocycles. The van der Waals surface area contributed by atoms with Crippen molar-refractivity contribution in [2.45, 2.75) is 57.4 Å². The van der Waals surface area contributed by atoms with Crippen molar-refractivity contribution in [2.75, 3.05) is 50.8 Å². The molecule has 3 heterocycles. The minimum Gasteiger partial charge on any atom is -0.486 e. The number of rotatable bonds is 7. The van der Waals surface area contributed by atoms with Crippen LogP contribution in [0.2, 0.25) is 0 Å². The van der Waals surface area contributed by atoms with Gasteiger partial charge in [-0.3, -0.25) is 4.79 Å². The number of aryl methyl sites for hydroxylation is 2. The maximum absolute atomic E-state index is 13.5. The second-order valence-electron chi connectivity index (χ2n) is 11.0. The van der Waals surface area contributed by atoms with Crippen LogP contribution in [0.15, 0.2) is 36.4 Å². The van der Waals surface area contributed by atoms with Crippen molar-refractivity contribution in [2.24, 2.45) is 5.92 Å². The van der Waals surface area contributed by atoms with E-state index < -0.39 is 0 Å². The van der Waals surface area contributed by atoms with E-state index in [9.17, 15) is 4.79 Å². The summed E-state index contributed by atoms with van der Waals surface area (Å²) in [6, 6.07) is 13.3. The molecule has 0 bridgehead atoms. The molecular weight excluding hydrogens is 450 g/mol. The normalized spacial score (nSPS) is 22.3. The van der Waals surface area contributed by atoms with Crippen molar-refractivity contribution in [1.29, 1.82) is 0 Å². The highest BCUT2D eigenvalue weighted by molar-refractivity contribution is 5.80. The first-order valence-corrected chi connectivity index (χ1v) is 14.0. The Bertz CT molecular complexity index is 1080. The van der Waals surface area contributed by atoms with Crippen molar-refractivity contribution in [3.05, 3.63) is 53.1 Å². The van der Waals surface area contributed by atoms with Crippen LogP contribution in [0.5, 0.6) is 11.5 Å². The number of carbonyl (C=O) groups is 1. The number of ether oxygens (including phenoxy) is 2. The van der Waals surface area contributed by atoms with E-state index in [-0.39, 0.29) is 17.9 Å². The molecule has 1 N–H and O–H groups in total. The molecule has 1 amide bonds. The predicted molar refractivity (Wildman–Crippen MR) is 142 cm³/mol. The average molecular weight is 490 g/mol. The molecule has 2 aromatic carbocycles. The van der Waals surface area contributed by atoms with Crippen molar-refractivity contribution >= 4 is 11.6 Å². The fourth-order valence-electron chi connectivity index (χ4n) is 6.38. The topological polar surface area (TPSA) is 54.0 Å². The van der Waals surface area contributed by atoms with Crippen LogP contribution in [0.25, 0.3) is 0 Å². The van der Waals surface area contributed by atoms with Gasteiger partial charge in [-0.1, -0.05) is 12.1 Å². The minimum atomic E-state index is 0.0439. The van der Waals surface area contributed by atoms with E-state index in [1.54, 1.807) is 0 Å². The third-order valence-corrected chi connectivity index (χ3v) is 8.37. The molecule has 2 unspecified atom stereocenters. The van der Waals surface area contributed by atoms with E-state index in [1.807, 2.05) is 6.07 Å². The van der Waals surface area contributed by atoms with Gasteiger partial charge in [0, 0.05) is 31.4 Å². The zero-order valence-electron chi connectivity index (χ0n) is 21.3. The van der Waals surface area contributed by atoms with E-state index in [1.165, 1.54) is 60.9 Å². The number of fused-ring (bicyclic) bond motifs is 2. The van der Waals surface area contributed by atoms with Crippen LogP contribution in [0.1, 0.15) is 48.8 Å². The largest absolute Gasteiger partial charge is 0.486 e. The predicted octanol–water partition coefficient (Wildman–Crippen LogP) is 3.99. The lowest BCUT2D eigenvalue weighted by atomic mass is 9.91. The van der Waals surface area contributed by atoms with Crippen molar-refractivity contribution in [3.8, 4) is 11.5 Å². The first-order valence-electron chi connectivity index (χ1n) is 14.0. The van der Waals surface area contributed by atoms with Gasteiger partial charge in [0.25, 0.3) is 0 Å². The van der Waals surface area contributed by atoms with E-state index >= 15 is 0 Å². The van der Waals surface area contributed by atoms with Crippen LogP contribution >= 0.6 is 0 Å². The molecular formula is C30H39N3O3. The molecule has 3 aliphatic heterocycles. The number of hydrogen-bond donors (Lipinski definition) is 1. The standard InChI is InChI=1S/C30H39N3O3/c34-30(25-11-14-33(20-25)27-9-8-23-5-1-2-6-24(23)19-27)31-26(21-32-12-3-4-13-32)17-22-7-10-28-29(18-22)36-16-15-35-28/h7-10,18-19,25-26H,1-6,11-17,20-21H2,(H,31,34). The Balaban J connectivity index is 1.11. The molecule has 0 radical (unpaired) electrons. The highest BCUT2D eigenvalue weighted by Gasteiger charge is 2.31. The monoisotopic (exact) mass is 489 g/mol. The molecule has 0 saturated carbocycles. The van der Waals surface area contributed by atoms with Gasteiger partial charge in [-0.15, -0.1) is 0 Å². The van der Waals surface area contributed by atoms with Gasteiger partial charge in [0.2, 0.25) is 5.91 Å². The summed E-state index contributed by atoms with van der Waals surface area (Å²) in [4.78, 5) is 18.4. The van der Waals surface area contributed by atoms with Gasteiger partial charge < -0.3 is 24.6 Å². The maximum atomic E-state index is 13.5. The Morgan fingerprint density at radius 3 is 2.58 bits per heavy atom. The molecule has 192 valence electrons. The Morgan fingerprint density at radius 1 is 0.917 bits per heavy atom. The van der Waals surface area contributed by atoms with Gasteiger partial charge in [0.1, 0.15) is 13.2 Å². The summed E-state index contributed by atoms with van der Waals surface area (Å²) in [5.74, 6) is 1.89. The highest BCUT2D eigenvalue weighted by Crippen LogP contribution is 2.32. The van der Waals surface area contributed by atoms with Crippen LogP contribution in [-0.2, 0) is 24.1 Å². The molecule has 2 saturated heterocycles. The summed E-state index contributed by atoms with van der Waals surface area (Å²) in [7, 11) is 0. The van der Waals surface area contributed by atoms with E-state index in [4.69, 9.17) is 9.47 Å². The fourth-order valence-corrected chi connectivity index (χ4v) is 6.38. The summed E-state index contributed by atoms with van der Waals surface area (Å²) >= 11 is 0. The molecule has 6 heteroatoms. The molecule has 2 fully saturated rings. The van der Waals surface area contributed by atoms with Gasteiger partial charge in [-0.05, 0) is 105 Å². The quantitative estimate of drug-likeness (QED) is 0.638. The van der Waals surface area contributed by atoms with Gasteiger partial charge in [0.05, 0.1) is 5.92 Å². The van der Waals surface area contributed by atoms with Crippen LogP contribution in [0, 0.1) is 5.92 Å². The highest BCUT2D eigenvalue weighted by atomic mass is 16.6. The number of benzene rings is 2. The van der Waals surface area contributed by atoms with Gasteiger partial charge >= 0.3 is 0 Å². The zero-order chi connectivity index (χ0) is 24.3. The molecule has 2 atom stereocenters. The first-order chi connectivity index (χ1) is 17.7.